The lowest BCUT2D eigenvalue weighted by atomic mass is 9.91. The molecule has 0 saturated carbocycles. The van der Waals surface area contributed by atoms with Crippen molar-refractivity contribution in [2.24, 2.45) is 5.73 Å². The second kappa shape index (κ2) is 6.75. The van der Waals surface area contributed by atoms with Crippen molar-refractivity contribution in [1.82, 2.24) is 5.32 Å². The van der Waals surface area contributed by atoms with Gasteiger partial charge < -0.3 is 15.8 Å². The number of hydrogen-bond donors (Lipinski definition) is 2. The van der Waals surface area contributed by atoms with Crippen molar-refractivity contribution in [1.29, 1.82) is 0 Å². The van der Waals surface area contributed by atoms with Crippen LogP contribution in [-0.2, 0) is 4.74 Å². The normalized spacial score (nSPS) is 16.7. The highest BCUT2D eigenvalue weighted by atomic mass is 16.5. The minimum absolute atomic E-state index is 0.0479. The smallest absolute Gasteiger partial charge is 0.252 e. The molecule has 0 spiro atoms. The maximum Gasteiger partial charge on any atom is 0.252 e. The summed E-state index contributed by atoms with van der Waals surface area (Å²) in [7, 11) is 0. The number of nitrogens with one attached hydrogen (secondary N) is 1. The van der Waals surface area contributed by atoms with Crippen LogP contribution < -0.4 is 11.1 Å². The molecule has 0 aliphatic carbocycles. The quantitative estimate of drug-likeness (QED) is 0.812. The first kappa shape index (κ1) is 15.6. The van der Waals surface area contributed by atoms with Crippen LogP contribution in [0.3, 0.4) is 0 Å². The van der Waals surface area contributed by atoms with E-state index in [0.29, 0.717) is 25.3 Å². The summed E-state index contributed by atoms with van der Waals surface area (Å²) in [5.74, 6) is 5.79. The molecule has 1 saturated heterocycles. The Kier molecular flexibility index (Phi) is 5.00. The van der Waals surface area contributed by atoms with E-state index in [1.54, 1.807) is 0 Å². The van der Waals surface area contributed by atoms with E-state index in [0.717, 1.165) is 24.0 Å². The zero-order valence-electron chi connectivity index (χ0n) is 12.7. The van der Waals surface area contributed by atoms with Crippen LogP contribution >= 0.6 is 0 Å². The molecule has 0 unspecified atom stereocenters. The highest BCUT2D eigenvalue weighted by Crippen LogP contribution is 2.21. The average Bonchev–Trinajstić information content (AvgIpc) is 2.46. The monoisotopic (exact) mass is 286 g/mol. The van der Waals surface area contributed by atoms with Gasteiger partial charge in [-0.2, -0.15) is 0 Å². The predicted octanol–water partition coefficient (Wildman–Crippen LogP) is 1.60. The Morgan fingerprint density at radius 3 is 2.81 bits per heavy atom. The second-order valence-electron chi connectivity index (χ2n) is 5.61. The first-order chi connectivity index (χ1) is 10.1. The Labute approximate surface area is 126 Å². The van der Waals surface area contributed by atoms with Gasteiger partial charge in [0, 0.05) is 29.9 Å². The molecule has 112 valence electrons. The molecular weight excluding hydrogens is 264 g/mol. The molecular formula is C17H22N2O2. The van der Waals surface area contributed by atoms with Crippen molar-refractivity contribution < 1.29 is 9.53 Å². The number of amides is 1. The van der Waals surface area contributed by atoms with E-state index in [-0.39, 0.29) is 11.4 Å². The van der Waals surface area contributed by atoms with Gasteiger partial charge in [0.05, 0.1) is 6.54 Å². The van der Waals surface area contributed by atoms with Crippen molar-refractivity contribution >= 4 is 5.91 Å². The van der Waals surface area contributed by atoms with Crippen molar-refractivity contribution in [3.8, 4) is 11.8 Å². The summed E-state index contributed by atoms with van der Waals surface area (Å²) in [5, 5.41) is 3.14. The molecule has 2 rings (SSSR count). The molecule has 21 heavy (non-hydrogen) atoms. The van der Waals surface area contributed by atoms with Gasteiger partial charge in [-0.1, -0.05) is 17.9 Å². The summed E-state index contributed by atoms with van der Waals surface area (Å²) < 4.78 is 5.36. The van der Waals surface area contributed by atoms with Crippen LogP contribution in [-0.4, -0.2) is 31.2 Å². The van der Waals surface area contributed by atoms with Gasteiger partial charge in [0.1, 0.15) is 0 Å². The minimum atomic E-state index is -0.194. The third-order valence-corrected chi connectivity index (χ3v) is 3.92. The fraction of sp³-hybridized carbons (Fsp3) is 0.471. The number of carbonyl (C=O) groups is 1. The first-order valence-corrected chi connectivity index (χ1v) is 7.24. The third kappa shape index (κ3) is 3.84. The number of nitrogens with two attached hydrogens (primary N) is 1. The molecule has 0 radical (unpaired) electrons. The van der Waals surface area contributed by atoms with Crippen LogP contribution in [0.4, 0.5) is 0 Å². The van der Waals surface area contributed by atoms with Crippen molar-refractivity contribution in [3.63, 3.8) is 0 Å². The molecule has 3 N–H and O–H groups in total. The van der Waals surface area contributed by atoms with Crippen LogP contribution in [0.1, 0.15) is 41.3 Å². The van der Waals surface area contributed by atoms with E-state index in [2.05, 4.69) is 24.1 Å². The topological polar surface area (TPSA) is 64.4 Å². The molecule has 4 heteroatoms. The van der Waals surface area contributed by atoms with Gasteiger partial charge in [0.15, 0.2) is 0 Å². The summed E-state index contributed by atoms with van der Waals surface area (Å²) in [6.07, 6.45) is 1.68. The summed E-state index contributed by atoms with van der Waals surface area (Å²) in [5.41, 5.74) is 7.63. The molecule has 1 fully saturated rings. The van der Waals surface area contributed by atoms with E-state index >= 15 is 0 Å². The average molecular weight is 286 g/mol. The van der Waals surface area contributed by atoms with Gasteiger partial charge >= 0.3 is 0 Å². The summed E-state index contributed by atoms with van der Waals surface area (Å²) >= 11 is 0. The fourth-order valence-corrected chi connectivity index (χ4v) is 2.45. The third-order valence-electron chi connectivity index (χ3n) is 3.92. The van der Waals surface area contributed by atoms with Crippen LogP contribution in [0, 0.1) is 18.8 Å². The lowest BCUT2D eigenvalue weighted by Gasteiger charge is -2.34. The largest absolute Gasteiger partial charge is 0.381 e. The van der Waals surface area contributed by atoms with E-state index in [9.17, 15) is 4.79 Å². The number of benzene rings is 1. The maximum atomic E-state index is 12.5. The minimum Gasteiger partial charge on any atom is -0.381 e. The standard InChI is InChI=1S/C17H22N2O2/c1-13-14(6-4-10-18)5-3-7-15(13)16(20)19-17(2)8-11-21-12-9-17/h3,5,7H,8-12,18H2,1-2H3,(H,19,20). The molecule has 0 bridgehead atoms. The van der Waals surface area contributed by atoms with Crippen LogP contribution in [0.2, 0.25) is 0 Å². The second-order valence-corrected chi connectivity index (χ2v) is 5.61. The van der Waals surface area contributed by atoms with E-state index < -0.39 is 0 Å². The molecule has 0 aromatic heterocycles. The van der Waals surface area contributed by atoms with E-state index in [1.807, 2.05) is 25.1 Å². The van der Waals surface area contributed by atoms with Crippen LogP contribution in [0.25, 0.3) is 0 Å². The summed E-state index contributed by atoms with van der Waals surface area (Å²) in [6, 6.07) is 5.60. The SMILES string of the molecule is Cc1c(C#CCN)cccc1C(=O)NC1(C)CCOCC1. The van der Waals surface area contributed by atoms with E-state index in [4.69, 9.17) is 10.5 Å². The Hall–Kier alpha value is -1.83. The van der Waals surface area contributed by atoms with Crippen molar-refractivity contribution in [3.05, 3.63) is 34.9 Å². The number of hydrogen-bond acceptors (Lipinski definition) is 3. The van der Waals surface area contributed by atoms with E-state index in [1.165, 1.54) is 0 Å². The Bertz CT molecular complexity index is 578. The summed E-state index contributed by atoms with van der Waals surface area (Å²) in [6.45, 7) is 5.69. The molecule has 4 nitrogen and oxygen atoms in total. The van der Waals surface area contributed by atoms with Crippen molar-refractivity contribution in [2.45, 2.75) is 32.2 Å². The molecule has 1 aliphatic rings. The van der Waals surface area contributed by atoms with Crippen LogP contribution in [0.5, 0.6) is 0 Å². The fourth-order valence-electron chi connectivity index (χ4n) is 2.45. The highest BCUT2D eigenvalue weighted by molar-refractivity contribution is 5.96. The van der Waals surface area contributed by atoms with Gasteiger partial charge in [0.25, 0.3) is 5.91 Å². The number of rotatable bonds is 2. The lowest BCUT2D eigenvalue weighted by molar-refractivity contribution is 0.0422. The van der Waals surface area contributed by atoms with Crippen molar-refractivity contribution in [2.75, 3.05) is 19.8 Å². The molecule has 1 heterocycles. The molecule has 1 aromatic rings. The molecule has 1 aromatic carbocycles. The van der Waals surface area contributed by atoms with Gasteiger partial charge in [-0.05, 0) is 44.4 Å². The molecule has 1 amide bonds. The lowest BCUT2D eigenvalue weighted by Crippen LogP contribution is -2.49. The van der Waals surface area contributed by atoms with Gasteiger partial charge in [-0.3, -0.25) is 4.79 Å². The zero-order valence-corrected chi connectivity index (χ0v) is 12.7. The molecule has 1 aliphatic heterocycles. The number of carbonyl (C=O) groups excluding carboxylic acids is 1. The summed E-state index contributed by atoms with van der Waals surface area (Å²) in [4.78, 5) is 12.5. The van der Waals surface area contributed by atoms with Crippen LogP contribution in [0.15, 0.2) is 18.2 Å². The Morgan fingerprint density at radius 1 is 1.43 bits per heavy atom. The van der Waals surface area contributed by atoms with Gasteiger partial charge in [-0.25, -0.2) is 0 Å². The maximum absolute atomic E-state index is 12.5. The van der Waals surface area contributed by atoms with Gasteiger partial charge in [-0.15, -0.1) is 0 Å². The molecule has 0 atom stereocenters. The zero-order chi connectivity index (χ0) is 15.3. The Morgan fingerprint density at radius 2 is 2.14 bits per heavy atom. The Balaban J connectivity index is 2.19. The highest BCUT2D eigenvalue weighted by Gasteiger charge is 2.29. The predicted molar refractivity (Wildman–Crippen MR) is 83.0 cm³/mol. The number of ether oxygens (including phenoxy) is 1. The van der Waals surface area contributed by atoms with Gasteiger partial charge in [0.2, 0.25) is 0 Å². The first-order valence-electron chi connectivity index (χ1n) is 7.24.